The highest BCUT2D eigenvalue weighted by atomic mass is 32.2. The Morgan fingerprint density at radius 1 is 1.17 bits per heavy atom. The van der Waals surface area contributed by atoms with Crippen molar-refractivity contribution in [2.75, 3.05) is 0 Å². The highest BCUT2D eigenvalue weighted by Crippen LogP contribution is 2.14. The molecule has 0 fully saturated rings. The number of rotatable bonds is 2. The first-order valence-corrected chi connectivity index (χ1v) is 6.15. The van der Waals surface area contributed by atoms with Crippen LogP contribution >= 0.6 is 0 Å². The van der Waals surface area contributed by atoms with Crippen molar-refractivity contribution in [3.8, 4) is 0 Å². The summed E-state index contributed by atoms with van der Waals surface area (Å²) in [4.78, 5) is 18.3. The molecule has 0 heterocycles. The fraction of sp³-hybridized carbons (Fsp3) is 0. The molecule has 11 heteroatoms. The van der Waals surface area contributed by atoms with E-state index in [2.05, 4.69) is 0 Å². The molecule has 0 aliphatic heterocycles. The molecule has 1 aliphatic carbocycles. The third-order valence-electron chi connectivity index (χ3n) is 1.83. The van der Waals surface area contributed by atoms with Gasteiger partial charge in [-0.15, -0.1) is 0 Å². The lowest BCUT2D eigenvalue weighted by Crippen LogP contribution is -2.26. The Morgan fingerprint density at radius 3 is 2.06 bits per heavy atom. The predicted molar refractivity (Wildman–Crippen MR) is 58.6 cm³/mol. The standard InChI is InChI=1S/C7H3NO8S2/c9-7(10)4-1-3(8(11)12)2-5(17(13)14)6(4)18(15)16/h1-2H,(H,9,10). The van der Waals surface area contributed by atoms with Crippen LogP contribution in [0.25, 0.3) is 0 Å². The number of carbonyl (C=O) groups is 1. The molecule has 1 aliphatic rings. The van der Waals surface area contributed by atoms with Gasteiger partial charge in [0.15, 0.2) is 0 Å². The van der Waals surface area contributed by atoms with Crippen molar-refractivity contribution in [2.45, 2.75) is 0 Å². The van der Waals surface area contributed by atoms with Gasteiger partial charge in [0.25, 0.3) is 5.70 Å². The Balaban J connectivity index is 3.86. The van der Waals surface area contributed by atoms with Gasteiger partial charge < -0.3 is 5.11 Å². The summed E-state index contributed by atoms with van der Waals surface area (Å²) in [5.74, 6) is -1.79. The van der Waals surface area contributed by atoms with Gasteiger partial charge in [-0.25, -0.2) is 4.79 Å². The van der Waals surface area contributed by atoms with Crippen LogP contribution in [0.4, 0.5) is 0 Å². The molecule has 18 heavy (non-hydrogen) atoms. The van der Waals surface area contributed by atoms with Crippen LogP contribution in [0, 0.1) is 10.1 Å². The summed E-state index contributed by atoms with van der Waals surface area (Å²) in [6.45, 7) is 0. The molecule has 0 spiro atoms. The van der Waals surface area contributed by atoms with Gasteiger partial charge in [-0.2, -0.15) is 16.8 Å². The summed E-state index contributed by atoms with van der Waals surface area (Å²) in [6.07, 6.45) is 0.949. The third kappa shape index (κ3) is 2.52. The Bertz CT molecular complexity index is 761. The van der Waals surface area contributed by atoms with Crippen molar-refractivity contribution >= 4 is 36.3 Å². The van der Waals surface area contributed by atoms with Gasteiger partial charge in [0.2, 0.25) is 20.6 Å². The van der Waals surface area contributed by atoms with Gasteiger partial charge in [0.1, 0.15) is 9.73 Å². The molecular formula is C7H3NO8S2. The smallest absolute Gasteiger partial charge is 0.337 e. The first-order chi connectivity index (χ1) is 8.25. The Labute approximate surface area is 102 Å². The molecule has 1 rings (SSSR count). The average Bonchev–Trinajstić information content (AvgIpc) is 2.26. The molecule has 0 aromatic rings. The van der Waals surface area contributed by atoms with Crippen molar-refractivity contribution in [2.24, 2.45) is 0 Å². The molecule has 0 unspecified atom stereocenters. The molecule has 96 valence electrons. The van der Waals surface area contributed by atoms with E-state index in [4.69, 9.17) is 5.11 Å². The third-order valence-corrected chi connectivity index (χ3v) is 3.41. The lowest BCUT2D eigenvalue weighted by atomic mass is 10.0. The molecule has 0 amide bonds. The first-order valence-electron chi connectivity index (χ1n) is 4.00. The summed E-state index contributed by atoms with van der Waals surface area (Å²) in [5, 5.41) is 19.2. The second-order valence-electron chi connectivity index (χ2n) is 2.85. The fourth-order valence-electron chi connectivity index (χ4n) is 1.15. The number of hydrogen-bond donors (Lipinski definition) is 1. The number of allylic oxidation sites excluding steroid dienone is 2. The van der Waals surface area contributed by atoms with Crippen molar-refractivity contribution in [3.05, 3.63) is 33.5 Å². The molecule has 0 aromatic carbocycles. The van der Waals surface area contributed by atoms with Crippen LogP contribution < -0.4 is 0 Å². The van der Waals surface area contributed by atoms with Crippen molar-refractivity contribution < 1.29 is 31.7 Å². The average molecular weight is 293 g/mol. The maximum atomic E-state index is 10.8. The zero-order chi connectivity index (χ0) is 14.0. The zero-order valence-electron chi connectivity index (χ0n) is 8.22. The van der Waals surface area contributed by atoms with Crippen LogP contribution in [-0.2, 0) is 25.4 Å². The van der Waals surface area contributed by atoms with Crippen LogP contribution in [0.2, 0.25) is 0 Å². The fourth-order valence-corrected chi connectivity index (χ4v) is 2.58. The Hall–Kier alpha value is -2.27. The SMILES string of the molecule is O=C(O)C1=CC([N+](=O)[O-])=CC(=S(=O)=O)C1=S(=O)=O. The first kappa shape index (κ1) is 13.8. The summed E-state index contributed by atoms with van der Waals surface area (Å²) in [7, 11) is -6.29. The summed E-state index contributed by atoms with van der Waals surface area (Å²) < 4.78 is 43.2. The van der Waals surface area contributed by atoms with Gasteiger partial charge in [-0.1, -0.05) is 0 Å². The molecule has 0 atom stereocenters. The normalized spacial score (nSPS) is 14.7. The van der Waals surface area contributed by atoms with E-state index < -0.39 is 52.5 Å². The van der Waals surface area contributed by atoms with Crippen LogP contribution in [0.5, 0.6) is 0 Å². The molecule has 0 bridgehead atoms. The highest BCUT2D eigenvalue weighted by Gasteiger charge is 2.30. The number of carboxylic acids is 1. The number of carboxylic acid groups (broad SMARTS) is 1. The Morgan fingerprint density at radius 2 is 1.72 bits per heavy atom. The van der Waals surface area contributed by atoms with Crippen molar-refractivity contribution in [1.82, 2.24) is 0 Å². The molecule has 9 nitrogen and oxygen atoms in total. The Kier molecular flexibility index (Phi) is 3.78. The number of aliphatic carboxylic acids is 1. The van der Waals surface area contributed by atoms with Gasteiger partial charge in [0, 0.05) is 12.2 Å². The molecule has 0 aromatic heterocycles. The molecule has 1 N–H and O–H groups in total. The van der Waals surface area contributed by atoms with Gasteiger partial charge in [-0.05, 0) is 0 Å². The molecular weight excluding hydrogens is 290 g/mol. The number of hydrogen-bond acceptors (Lipinski definition) is 7. The zero-order valence-corrected chi connectivity index (χ0v) is 9.86. The summed E-state index contributed by atoms with van der Waals surface area (Å²) in [5.41, 5.74) is -1.81. The molecule has 0 radical (unpaired) electrons. The topological polar surface area (TPSA) is 149 Å². The minimum Gasteiger partial charge on any atom is -0.478 e. The van der Waals surface area contributed by atoms with Gasteiger partial charge in [-0.3, -0.25) is 10.1 Å². The van der Waals surface area contributed by atoms with E-state index in [0.717, 1.165) is 0 Å². The van der Waals surface area contributed by atoms with E-state index in [9.17, 15) is 31.7 Å². The van der Waals surface area contributed by atoms with E-state index in [1.807, 2.05) is 0 Å². The lowest BCUT2D eigenvalue weighted by Gasteiger charge is -2.06. The number of nitro groups is 1. The minimum absolute atomic E-state index is 0.473. The van der Waals surface area contributed by atoms with Gasteiger partial charge >= 0.3 is 5.97 Å². The minimum atomic E-state index is -3.16. The van der Waals surface area contributed by atoms with E-state index in [0.29, 0.717) is 12.2 Å². The van der Waals surface area contributed by atoms with Crippen LogP contribution in [0.15, 0.2) is 23.4 Å². The highest BCUT2D eigenvalue weighted by molar-refractivity contribution is 7.83. The van der Waals surface area contributed by atoms with E-state index in [-0.39, 0.29) is 0 Å². The summed E-state index contributed by atoms with van der Waals surface area (Å²) in [6, 6.07) is 0. The van der Waals surface area contributed by atoms with Crippen molar-refractivity contribution in [1.29, 1.82) is 0 Å². The summed E-state index contributed by atoms with van der Waals surface area (Å²) >= 11 is 0. The maximum absolute atomic E-state index is 10.8. The largest absolute Gasteiger partial charge is 0.478 e. The molecule has 0 saturated heterocycles. The van der Waals surface area contributed by atoms with E-state index in [1.165, 1.54) is 0 Å². The molecule has 0 saturated carbocycles. The maximum Gasteiger partial charge on any atom is 0.337 e. The second kappa shape index (κ2) is 4.93. The second-order valence-corrected chi connectivity index (χ2v) is 4.64. The monoisotopic (exact) mass is 293 g/mol. The predicted octanol–water partition coefficient (Wildman–Crippen LogP) is -1.73. The van der Waals surface area contributed by atoms with Crippen LogP contribution in [0.1, 0.15) is 0 Å². The number of nitrogens with zero attached hydrogens (tertiary/aromatic N) is 1. The van der Waals surface area contributed by atoms with Gasteiger partial charge in [0.05, 0.1) is 10.5 Å². The lowest BCUT2D eigenvalue weighted by molar-refractivity contribution is -0.418. The van der Waals surface area contributed by atoms with Crippen LogP contribution in [0.3, 0.4) is 0 Å². The van der Waals surface area contributed by atoms with Crippen molar-refractivity contribution in [3.63, 3.8) is 0 Å². The van der Waals surface area contributed by atoms with E-state index in [1.54, 1.807) is 0 Å². The van der Waals surface area contributed by atoms with E-state index >= 15 is 0 Å². The van der Waals surface area contributed by atoms with Crippen LogP contribution in [-0.4, -0.2) is 42.6 Å². The quantitative estimate of drug-likeness (QED) is 0.358.